The predicted octanol–water partition coefficient (Wildman–Crippen LogP) is 2.60. The summed E-state index contributed by atoms with van der Waals surface area (Å²) >= 11 is 0. The van der Waals surface area contributed by atoms with Crippen LogP contribution in [-0.4, -0.2) is 53.1 Å². The first-order valence-corrected chi connectivity index (χ1v) is 10.8. The van der Waals surface area contributed by atoms with Gasteiger partial charge in [-0.1, -0.05) is 13.8 Å². The molecule has 0 aliphatic heterocycles. The summed E-state index contributed by atoms with van der Waals surface area (Å²) in [6, 6.07) is -0.171. The first kappa shape index (κ1) is 20.9. The number of carboxylic acid groups (broad SMARTS) is 1. The Balaban J connectivity index is 1.42. The highest BCUT2D eigenvalue weighted by molar-refractivity contribution is 5.79. The third kappa shape index (κ3) is 5.39. The van der Waals surface area contributed by atoms with Gasteiger partial charge in [-0.15, -0.1) is 0 Å². The molecular weight excluding hydrogens is 358 g/mol. The molecule has 7 heteroatoms. The lowest BCUT2D eigenvalue weighted by molar-refractivity contribution is -0.138. The lowest BCUT2D eigenvalue weighted by atomic mass is 9.53. The summed E-state index contributed by atoms with van der Waals surface area (Å²) in [6.07, 6.45) is 7.43. The molecule has 28 heavy (non-hydrogen) atoms. The van der Waals surface area contributed by atoms with E-state index >= 15 is 0 Å². The highest BCUT2D eigenvalue weighted by atomic mass is 16.4. The number of amides is 3. The average molecular weight is 394 g/mol. The molecule has 0 heterocycles. The molecule has 0 aromatic heterocycles. The maximum absolute atomic E-state index is 12.4. The van der Waals surface area contributed by atoms with Crippen molar-refractivity contribution in [2.24, 2.45) is 23.7 Å². The first-order chi connectivity index (χ1) is 13.2. The SMILES string of the molecule is CC(C)CN(CCC(=O)O)C(=O)CCNC(=O)NC12CC3CC(CC(C3)C1)C2. The molecule has 0 unspecified atom stereocenters. The van der Waals surface area contributed by atoms with E-state index in [0.717, 1.165) is 37.0 Å². The highest BCUT2D eigenvalue weighted by Crippen LogP contribution is 2.55. The minimum Gasteiger partial charge on any atom is -0.481 e. The number of urea groups is 1. The summed E-state index contributed by atoms with van der Waals surface area (Å²) in [5.41, 5.74) is -0.0337. The van der Waals surface area contributed by atoms with Gasteiger partial charge in [0.15, 0.2) is 0 Å². The monoisotopic (exact) mass is 393 g/mol. The molecule has 4 saturated carbocycles. The average Bonchev–Trinajstić information content (AvgIpc) is 2.56. The Kier molecular flexibility index (Phi) is 6.50. The van der Waals surface area contributed by atoms with Gasteiger partial charge in [0, 0.05) is 31.6 Å². The molecule has 0 spiro atoms. The number of carbonyl (C=O) groups is 3. The number of nitrogens with one attached hydrogen (secondary N) is 2. The number of aliphatic carboxylic acids is 1. The Morgan fingerprint density at radius 3 is 2.11 bits per heavy atom. The Labute approximate surface area is 167 Å². The smallest absolute Gasteiger partial charge is 0.315 e. The van der Waals surface area contributed by atoms with E-state index in [1.807, 2.05) is 13.8 Å². The van der Waals surface area contributed by atoms with Crippen molar-refractivity contribution >= 4 is 17.9 Å². The zero-order valence-electron chi connectivity index (χ0n) is 17.2. The van der Waals surface area contributed by atoms with Crippen molar-refractivity contribution < 1.29 is 19.5 Å². The van der Waals surface area contributed by atoms with Crippen LogP contribution in [0.2, 0.25) is 0 Å². The van der Waals surface area contributed by atoms with Crippen molar-refractivity contribution in [3.63, 3.8) is 0 Å². The van der Waals surface area contributed by atoms with Gasteiger partial charge in [0.05, 0.1) is 6.42 Å². The summed E-state index contributed by atoms with van der Waals surface area (Å²) < 4.78 is 0. The number of carboxylic acids is 1. The molecule has 3 N–H and O–H groups in total. The lowest BCUT2D eigenvalue weighted by Gasteiger charge is -2.56. The summed E-state index contributed by atoms with van der Waals surface area (Å²) in [6.45, 7) is 5.02. The Morgan fingerprint density at radius 1 is 1.04 bits per heavy atom. The summed E-state index contributed by atoms with van der Waals surface area (Å²) in [5, 5.41) is 15.0. The van der Waals surface area contributed by atoms with Crippen molar-refractivity contribution in [2.75, 3.05) is 19.6 Å². The molecule has 158 valence electrons. The number of hydrogen-bond donors (Lipinski definition) is 3. The van der Waals surface area contributed by atoms with Crippen LogP contribution in [0.1, 0.15) is 65.2 Å². The zero-order chi connectivity index (χ0) is 20.3. The Bertz CT molecular complexity index is 569. The minimum absolute atomic E-state index is 0.0337. The number of rotatable bonds is 9. The highest BCUT2D eigenvalue weighted by Gasteiger charge is 2.51. The van der Waals surface area contributed by atoms with E-state index in [1.165, 1.54) is 19.3 Å². The molecule has 4 aliphatic carbocycles. The van der Waals surface area contributed by atoms with E-state index in [9.17, 15) is 14.4 Å². The van der Waals surface area contributed by atoms with Gasteiger partial charge in [-0.25, -0.2) is 4.79 Å². The van der Waals surface area contributed by atoms with Crippen molar-refractivity contribution in [3.05, 3.63) is 0 Å². The second-order valence-electron chi connectivity index (χ2n) is 9.71. The Hall–Kier alpha value is -1.79. The fraction of sp³-hybridized carbons (Fsp3) is 0.857. The molecule has 0 saturated heterocycles. The van der Waals surface area contributed by atoms with Crippen LogP contribution in [0.3, 0.4) is 0 Å². The van der Waals surface area contributed by atoms with Crippen LogP contribution in [0.15, 0.2) is 0 Å². The number of hydrogen-bond acceptors (Lipinski definition) is 3. The third-order valence-electron chi connectivity index (χ3n) is 6.58. The molecule has 7 nitrogen and oxygen atoms in total. The van der Waals surface area contributed by atoms with Crippen LogP contribution in [0, 0.1) is 23.7 Å². The van der Waals surface area contributed by atoms with E-state index in [4.69, 9.17) is 5.11 Å². The van der Waals surface area contributed by atoms with Gasteiger partial charge in [0.2, 0.25) is 5.91 Å². The fourth-order valence-corrected chi connectivity index (χ4v) is 5.98. The van der Waals surface area contributed by atoms with Gasteiger partial charge in [-0.05, 0) is 62.2 Å². The van der Waals surface area contributed by atoms with Crippen LogP contribution in [0.4, 0.5) is 4.79 Å². The third-order valence-corrected chi connectivity index (χ3v) is 6.58. The molecule has 4 rings (SSSR count). The second kappa shape index (κ2) is 8.70. The quantitative estimate of drug-likeness (QED) is 0.561. The van der Waals surface area contributed by atoms with Gasteiger partial charge in [0.25, 0.3) is 0 Å². The van der Waals surface area contributed by atoms with Gasteiger partial charge in [-0.3, -0.25) is 9.59 Å². The molecule has 0 atom stereocenters. The molecule has 4 bridgehead atoms. The Morgan fingerprint density at radius 2 is 1.61 bits per heavy atom. The first-order valence-electron chi connectivity index (χ1n) is 10.8. The summed E-state index contributed by atoms with van der Waals surface area (Å²) in [5.74, 6) is 1.57. The van der Waals surface area contributed by atoms with E-state index in [-0.39, 0.29) is 49.3 Å². The second-order valence-corrected chi connectivity index (χ2v) is 9.71. The van der Waals surface area contributed by atoms with Gasteiger partial charge in [0.1, 0.15) is 0 Å². The van der Waals surface area contributed by atoms with Crippen LogP contribution >= 0.6 is 0 Å². The van der Waals surface area contributed by atoms with E-state index in [2.05, 4.69) is 10.6 Å². The van der Waals surface area contributed by atoms with E-state index < -0.39 is 5.97 Å². The summed E-state index contributed by atoms with van der Waals surface area (Å²) in [7, 11) is 0. The minimum atomic E-state index is -0.908. The molecule has 3 amide bonds. The zero-order valence-corrected chi connectivity index (χ0v) is 17.2. The molecule has 0 radical (unpaired) electrons. The largest absolute Gasteiger partial charge is 0.481 e. The van der Waals surface area contributed by atoms with Gasteiger partial charge >= 0.3 is 12.0 Å². The van der Waals surface area contributed by atoms with Crippen LogP contribution in [0.25, 0.3) is 0 Å². The van der Waals surface area contributed by atoms with Crippen molar-refractivity contribution in [1.29, 1.82) is 0 Å². The van der Waals surface area contributed by atoms with Crippen molar-refractivity contribution in [2.45, 2.75) is 70.8 Å². The molecule has 4 aliphatic rings. The van der Waals surface area contributed by atoms with Crippen molar-refractivity contribution in [3.8, 4) is 0 Å². The van der Waals surface area contributed by atoms with Gasteiger partial charge in [-0.2, -0.15) is 0 Å². The normalized spacial score (nSPS) is 30.3. The van der Waals surface area contributed by atoms with Gasteiger partial charge < -0.3 is 20.6 Å². The number of carbonyl (C=O) groups excluding carboxylic acids is 2. The van der Waals surface area contributed by atoms with Crippen molar-refractivity contribution in [1.82, 2.24) is 15.5 Å². The number of nitrogens with zero attached hydrogens (tertiary/aromatic N) is 1. The standard InChI is InChI=1S/C21H35N3O4/c1-14(2)13-24(6-4-19(26)27)18(25)3-5-22-20(28)23-21-10-15-7-16(11-21)9-17(8-15)12-21/h14-17H,3-13H2,1-2H3,(H,26,27)(H2,22,23,28). The van der Waals surface area contributed by atoms with Crippen LogP contribution < -0.4 is 10.6 Å². The fourth-order valence-electron chi connectivity index (χ4n) is 5.98. The topological polar surface area (TPSA) is 98.7 Å². The maximum atomic E-state index is 12.4. The molecule has 0 aromatic rings. The van der Waals surface area contributed by atoms with E-state index in [0.29, 0.717) is 6.54 Å². The molecular formula is C21H35N3O4. The maximum Gasteiger partial charge on any atom is 0.315 e. The van der Waals surface area contributed by atoms with E-state index in [1.54, 1.807) is 4.90 Å². The van der Waals surface area contributed by atoms with Crippen LogP contribution in [-0.2, 0) is 9.59 Å². The predicted molar refractivity (Wildman–Crippen MR) is 106 cm³/mol. The molecule has 4 fully saturated rings. The summed E-state index contributed by atoms with van der Waals surface area (Å²) in [4.78, 5) is 37.3. The van der Waals surface area contributed by atoms with Crippen LogP contribution in [0.5, 0.6) is 0 Å². The molecule has 0 aromatic carbocycles. The lowest BCUT2D eigenvalue weighted by Crippen LogP contribution is -2.61.